The van der Waals surface area contributed by atoms with Gasteiger partial charge >= 0.3 is 0 Å². The lowest BCUT2D eigenvalue weighted by atomic mass is 10.2. The van der Waals surface area contributed by atoms with Gasteiger partial charge in [0.05, 0.1) is 12.2 Å². The van der Waals surface area contributed by atoms with Gasteiger partial charge in [0.2, 0.25) is 0 Å². The van der Waals surface area contributed by atoms with E-state index < -0.39 is 8.32 Å². The van der Waals surface area contributed by atoms with E-state index in [1.165, 1.54) is 0 Å². The predicted octanol–water partition coefficient (Wildman–Crippen LogP) is 4.07. The Morgan fingerprint density at radius 2 is 1.94 bits per heavy atom. The first-order valence-electron chi connectivity index (χ1n) is 5.75. The zero-order valence-electron chi connectivity index (χ0n) is 11.1. The second-order valence-corrected chi connectivity index (χ2v) is 11.6. The third-order valence-electron chi connectivity index (χ3n) is 3.64. The standard InChI is InChI=1S/C12H23BrO2Si/c1-12(2,3)16(5,6)15-9-7-10(13)11(8-9)14-4/h7,9,11H,8H2,1-6H3/t9-,11-/m1/s1. The fraction of sp³-hybridized carbons (Fsp3) is 0.833. The number of methoxy groups -OCH3 is 1. The maximum absolute atomic E-state index is 6.32. The van der Waals surface area contributed by atoms with Gasteiger partial charge in [-0.05, 0) is 24.2 Å². The lowest BCUT2D eigenvalue weighted by Crippen LogP contribution is -2.43. The molecule has 1 aliphatic rings. The number of hydrogen-bond acceptors (Lipinski definition) is 2. The highest BCUT2D eigenvalue weighted by Gasteiger charge is 2.40. The van der Waals surface area contributed by atoms with Gasteiger partial charge in [0.15, 0.2) is 8.32 Å². The highest BCUT2D eigenvalue weighted by atomic mass is 79.9. The van der Waals surface area contributed by atoms with Crippen LogP contribution in [0.15, 0.2) is 10.6 Å². The quantitative estimate of drug-likeness (QED) is 0.732. The molecule has 2 nitrogen and oxygen atoms in total. The van der Waals surface area contributed by atoms with Gasteiger partial charge in [0.25, 0.3) is 0 Å². The van der Waals surface area contributed by atoms with Gasteiger partial charge in [-0.1, -0.05) is 36.7 Å². The fourth-order valence-corrected chi connectivity index (χ4v) is 3.47. The monoisotopic (exact) mass is 306 g/mol. The van der Waals surface area contributed by atoms with Crippen molar-refractivity contribution in [2.24, 2.45) is 0 Å². The Morgan fingerprint density at radius 1 is 1.38 bits per heavy atom. The van der Waals surface area contributed by atoms with Crippen LogP contribution in [0.1, 0.15) is 27.2 Å². The number of halogens is 1. The minimum absolute atomic E-state index is 0.176. The van der Waals surface area contributed by atoms with E-state index in [0.29, 0.717) is 0 Å². The largest absolute Gasteiger partial charge is 0.410 e. The Labute approximate surface area is 109 Å². The van der Waals surface area contributed by atoms with E-state index in [-0.39, 0.29) is 17.2 Å². The fourth-order valence-electron chi connectivity index (χ4n) is 1.52. The summed E-state index contributed by atoms with van der Waals surface area (Å²) in [5.41, 5.74) is 0. The average Bonchev–Trinajstić information content (AvgIpc) is 2.43. The van der Waals surface area contributed by atoms with Gasteiger partial charge in [-0.2, -0.15) is 0 Å². The summed E-state index contributed by atoms with van der Waals surface area (Å²) in [6.45, 7) is 11.4. The minimum atomic E-state index is -1.66. The van der Waals surface area contributed by atoms with Gasteiger partial charge in [-0.15, -0.1) is 0 Å². The van der Waals surface area contributed by atoms with Crippen LogP contribution in [0.25, 0.3) is 0 Å². The molecule has 0 aliphatic heterocycles. The molecule has 0 aromatic carbocycles. The van der Waals surface area contributed by atoms with Crippen molar-refractivity contribution in [1.82, 2.24) is 0 Å². The van der Waals surface area contributed by atoms with Crippen LogP contribution in [0.3, 0.4) is 0 Å². The first-order valence-corrected chi connectivity index (χ1v) is 9.45. The molecule has 4 heteroatoms. The van der Waals surface area contributed by atoms with Crippen LogP contribution < -0.4 is 0 Å². The maximum Gasteiger partial charge on any atom is 0.192 e. The maximum atomic E-state index is 6.32. The summed E-state index contributed by atoms with van der Waals surface area (Å²) in [7, 11) is 0.0817. The van der Waals surface area contributed by atoms with Crippen LogP contribution in [-0.4, -0.2) is 27.6 Å². The van der Waals surface area contributed by atoms with Crippen LogP contribution in [0.4, 0.5) is 0 Å². The Kier molecular flexibility index (Phi) is 4.44. The molecule has 2 atom stereocenters. The third kappa shape index (κ3) is 3.19. The molecule has 0 bridgehead atoms. The molecule has 16 heavy (non-hydrogen) atoms. The molecule has 1 aliphatic carbocycles. The molecule has 94 valence electrons. The number of ether oxygens (including phenoxy) is 1. The molecular formula is C12H23BrO2Si. The third-order valence-corrected chi connectivity index (χ3v) is 8.92. The van der Waals surface area contributed by atoms with Crippen LogP contribution in [0.5, 0.6) is 0 Å². The van der Waals surface area contributed by atoms with Gasteiger partial charge < -0.3 is 9.16 Å². The summed E-state index contributed by atoms with van der Waals surface area (Å²) in [6.07, 6.45) is 3.47. The summed E-state index contributed by atoms with van der Waals surface area (Å²) >= 11 is 3.53. The summed E-state index contributed by atoms with van der Waals surface area (Å²) < 4.78 is 12.8. The van der Waals surface area contributed by atoms with Crippen molar-refractivity contribution in [2.45, 2.75) is 57.5 Å². The van der Waals surface area contributed by atoms with Gasteiger partial charge in [-0.3, -0.25) is 0 Å². The van der Waals surface area contributed by atoms with Crippen LogP contribution in [0, 0.1) is 0 Å². The van der Waals surface area contributed by atoms with Crippen molar-refractivity contribution in [3.05, 3.63) is 10.6 Å². The number of rotatable bonds is 3. The van der Waals surface area contributed by atoms with Gasteiger partial charge in [-0.25, -0.2) is 0 Å². The molecule has 0 aromatic heterocycles. The summed E-state index contributed by atoms with van der Waals surface area (Å²) in [6, 6.07) is 0. The molecule has 0 spiro atoms. The first-order chi connectivity index (χ1) is 7.17. The zero-order chi connectivity index (χ0) is 12.6. The van der Waals surface area contributed by atoms with Crippen LogP contribution in [0.2, 0.25) is 18.1 Å². The lowest BCUT2D eigenvalue weighted by molar-refractivity contribution is 0.107. The normalized spacial score (nSPS) is 27.1. The first kappa shape index (κ1) is 14.4. The van der Waals surface area contributed by atoms with Crippen molar-refractivity contribution >= 4 is 24.2 Å². The minimum Gasteiger partial charge on any atom is -0.410 e. The van der Waals surface area contributed by atoms with Crippen molar-refractivity contribution in [1.29, 1.82) is 0 Å². The molecule has 0 aromatic rings. The van der Waals surface area contributed by atoms with Crippen LogP contribution in [-0.2, 0) is 9.16 Å². The van der Waals surface area contributed by atoms with E-state index in [0.717, 1.165) is 10.9 Å². The summed E-state index contributed by atoms with van der Waals surface area (Å²) in [5, 5.41) is 0.262. The molecule has 1 rings (SSSR count). The van der Waals surface area contributed by atoms with Gasteiger partial charge in [0.1, 0.15) is 0 Å². The highest BCUT2D eigenvalue weighted by Crippen LogP contribution is 2.39. The van der Waals surface area contributed by atoms with Gasteiger partial charge in [0, 0.05) is 18.0 Å². The van der Waals surface area contributed by atoms with E-state index >= 15 is 0 Å². The molecule has 0 heterocycles. The van der Waals surface area contributed by atoms with E-state index in [1.54, 1.807) is 7.11 Å². The second-order valence-electron chi connectivity index (χ2n) is 5.93. The molecule has 0 fully saturated rings. The average molecular weight is 307 g/mol. The zero-order valence-corrected chi connectivity index (χ0v) is 13.7. The Morgan fingerprint density at radius 3 is 2.31 bits per heavy atom. The topological polar surface area (TPSA) is 18.5 Å². The molecular weight excluding hydrogens is 284 g/mol. The highest BCUT2D eigenvalue weighted by molar-refractivity contribution is 9.11. The Balaban J connectivity index is 2.65. The number of hydrogen-bond donors (Lipinski definition) is 0. The SMILES string of the molecule is CO[C@@H]1C[C@H](O[Si](C)(C)C(C)(C)C)C=C1Br. The lowest BCUT2D eigenvalue weighted by Gasteiger charge is -2.38. The van der Waals surface area contributed by atoms with E-state index in [4.69, 9.17) is 9.16 Å². The molecule has 0 saturated carbocycles. The van der Waals surface area contributed by atoms with E-state index in [2.05, 4.69) is 55.9 Å². The predicted molar refractivity (Wildman–Crippen MR) is 74.5 cm³/mol. The second kappa shape index (κ2) is 4.92. The molecule has 0 amide bonds. The summed E-state index contributed by atoms with van der Waals surface area (Å²) in [5.74, 6) is 0. The summed E-state index contributed by atoms with van der Waals surface area (Å²) in [4.78, 5) is 0. The van der Waals surface area contributed by atoms with E-state index in [9.17, 15) is 0 Å². The smallest absolute Gasteiger partial charge is 0.192 e. The van der Waals surface area contributed by atoms with Crippen molar-refractivity contribution < 1.29 is 9.16 Å². The molecule has 0 unspecified atom stereocenters. The van der Waals surface area contributed by atoms with Crippen molar-refractivity contribution in [2.75, 3.05) is 7.11 Å². The van der Waals surface area contributed by atoms with Crippen molar-refractivity contribution in [3.63, 3.8) is 0 Å². The molecule has 0 N–H and O–H groups in total. The Bertz CT molecular complexity index is 281. The van der Waals surface area contributed by atoms with Crippen LogP contribution >= 0.6 is 15.9 Å². The Hall–Kier alpha value is 0.357. The molecule has 0 saturated heterocycles. The molecule has 0 radical (unpaired) electrons. The van der Waals surface area contributed by atoms with Crippen molar-refractivity contribution in [3.8, 4) is 0 Å². The van der Waals surface area contributed by atoms with E-state index in [1.807, 2.05) is 0 Å².